The number of carbonyl (C=O) groups excluding carboxylic acids is 2. The second-order valence-corrected chi connectivity index (χ2v) is 9.58. The second-order valence-electron chi connectivity index (χ2n) is 9.58. The number of amides is 3. The number of rotatable bonds is 5. The van der Waals surface area contributed by atoms with Gasteiger partial charge in [-0.2, -0.15) is 0 Å². The van der Waals surface area contributed by atoms with E-state index < -0.39 is 6.03 Å². The molecule has 3 rings (SSSR count). The summed E-state index contributed by atoms with van der Waals surface area (Å²) in [4.78, 5) is 30.0. The Balaban J connectivity index is 1.87. The van der Waals surface area contributed by atoms with Crippen molar-refractivity contribution in [2.75, 3.05) is 51.0 Å². The number of hydrogen-bond donors (Lipinski definition) is 2. The fraction of sp³-hybridized carbons (Fsp3) is 0.577. The molecule has 10 heteroatoms. The molecule has 2 N–H and O–H groups in total. The third kappa shape index (κ3) is 6.55. The quantitative estimate of drug-likeness (QED) is 0.633. The molecule has 0 aliphatic carbocycles. The highest BCUT2D eigenvalue weighted by atomic mass is 16.5. The molecule has 1 aliphatic rings. The highest BCUT2D eigenvalue weighted by Crippen LogP contribution is 2.27. The summed E-state index contributed by atoms with van der Waals surface area (Å²) in [7, 11) is 3.47. The van der Waals surface area contributed by atoms with Gasteiger partial charge < -0.3 is 29.5 Å². The maximum atomic E-state index is 13.4. The van der Waals surface area contributed by atoms with Crippen molar-refractivity contribution in [3.05, 3.63) is 35.2 Å². The SMILES string of the molecule is CCCN1C[C@H](C)[C@@H](OC)CN(C)C(=O)c2ccc(NC(=O)Nc3c(C)noc3C)cc2OC[C@@H]1C. The average molecular weight is 502 g/mol. The van der Waals surface area contributed by atoms with Crippen LogP contribution in [-0.4, -0.2) is 79.4 Å². The predicted octanol–water partition coefficient (Wildman–Crippen LogP) is 4.15. The summed E-state index contributed by atoms with van der Waals surface area (Å²) in [5.74, 6) is 1.02. The third-order valence-corrected chi connectivity index (χ3v) is 6.62. The number of aromatic nitrogens is 1. The lowest BCUT2D eigenvalue weighted by Crippen LogP contribution is -2.46. The zero-order chi connectivity index (χ0) is 26.4. The van der Waals surface area contributed by atoms with Crippen molar-refractivity contribution in [1.82, 2.24) is 15.0 Å². The van der Waals surface area contributed by atoms with Gasteiger partial charge in [0.05, 0.1) is 11.7 Å². The van der Waals surface area contributed by atoms with Crippen LogP contribution < -0.4 is 15.4 Å². The molecule has 10 nitrogen and oxygen atoms in total. The molecule has 0 saturated carbocycles. The molecule has 198 valence electrons. The number of urea groups is 1. The van der Waals surface area contributed by atoms with E-state index in [1.165, 1.54) is 0 Å². The summed E-state index contributed by atoms with van der Waals surface area (Å²) in [5, 5.41) is 9.41. The summed E-state index contributed by atoms with van der Waals surface area (Å²) < 4.78 is 17.1. The normalized spacial score (nSPS) is 21.7. The molecule has 3 atom stereocenters. The molecule has 0 fully saturated rings. The van der Waals surface area contributed by atoms with Gasteiger partial charge in [-0.05, 0) is 51.8 Å². The summed E-state index contributed by atoms with van der Waals surface area (Å²) in [6.45, 7) is 12.6. The van der Waals surface area contributed by atoms with E-state index in [4.69, 9.17) is 14.0 Å². The fourth-order valence-electron chi connectivity index (χ4n) is 4.46. The highest BCUT2D eigenvalue weighted by molar-refractivity contribution is 6.02. The molecule has 36 heavy (non-hydrogen) atoms. The summed E-state index contributed by atoms with van der Waals surface area (Å²) in [6, 6.07) is 4.75. The van der Waals surface area contributed by atoms with Crippen molar-refractivity contribution in [1.29, 1.82) is 0 Å². The Morgan fingerprint density at radius 2 is 1.97 bits per heavy atom. The first kappa shape index (κ1) is 27.5. The molecule has 0 saturated heterocycles. The van der Waals surface area contributed by atoms with Crippen LogP contribution in [0.15, 0.2) is 22.7 Å². The number of fused-ring (bicyclic) bond motifs is 1. The molecule has 0 unspecified atom stereocenters. The maximum absolute atomic E-state index is 13.4. The average Bonchev–Trinajstić information content (AvgIpc) is 3.16. The van der Waals surface area contributed by atoms with Gasteiger partial charge in [-0.3, -0.25) is 9.69 Å². The fourth-order valence-corrected chi connectivity index (χ4v) is 4.46. The number of benzene rings is 1. The lowest BCUT2D eigenvalue weighted by Gasteiger charge is -2.35. The number of likely N-dealkylation sites (N-methyl/N-ethyl adjacent to an activating group) is 1. The zero-order valence-electron chi connectivity index (χ0n) is 22.4. The first-order chi connectivity index (χ1) is 17.1. The van der Waals surface area contributed by atoms with Gasteiger partial charge >= 0.3 is 6.03 Å². The minimum Gasteiger partial charge on any atom is -0.491 e. The standard InChI is InChI=1S/C26H39N5O5/c1-8-11-31-13-16(2)23(34-7)14-30(6)25(32)21-10-9-20(12-22(21)35-15-17(31)3)27-26(33)28-24-18(4)29-36-19(24)5/h9-10,12,16-17,23H,8,11,13-15H2,1-7H3,(H2,27,28,33)/t16-,17-,23-/m0/s1. The summed E-state index contributed by atoms with van der Waals surface area (Å²) >= 11 is 0. The molecule has 2 heterocycles. The van der Waals surface area contributed by atoms with Crippen LogP contribution in [0.4, 0.5) is 16.2 Å². The Morgan fingerprint density at radius 1 is 1.22 bits per heavy atom. The molecule has 1 aromatic heterocycles. The van der Waals surface area contributed by atoms with E-state index in [-0.39, 0.29) is 24.0 Å². The Bertz CT molecular complexity index is 1040. The number of carbonyl (C=O) groups is 2. The van der Waals surface area contributed by atoms with E-state index in [0.717, 1.165) is 19.5 Å². The van der Waals surface area contributed by atoms with E-state index in [0.29, 0.717) is 47.3 Å². The van der Waals surface area contributed by atoms with Crippen LogP contribution in [0.2, 0.25) is 0 Å². The number of aryl methyl sites for hydroxylation is 2. The van der Waals surface area contributed by atoms with Gasteiger partial charge in [-0.1, -0.05) is 19.0 Å². The molecule has 0 spiro atoms. The van der Waals surface area contributed by atoms with Gasteiger partial charge in [0.25, 0.3) is 5.91 Å². The molecule has 0 bridgehead atoms. The largest absolute Gasteiger partial charge is 0.491 e. The monoisotopic (exact) mass is 501 g/mol. The molecular weight excluding hydrogens is 462 g/mol. The van der Waals surface area contributed by atoms with Crippen molar-refractivity contribution in [3.8, 4) is 5.75 Å². The second kappa shape index (κ2) is 12.2. The van der Waals surface area contributed by atoms with E-state index in [1.807, 2.05) is 0 Å². The first-order valence-corrected chi connectivity index (χ1v) is 12.4. The summed E-state index contributed by atoms with van der Waals surface area (Å²) in [5.41, 5.74) is 2.05. The van der Waals surface area contributed by atoms with Crippen LogP contribution in [0.25, 0.3) is 0 Å². The van der Waals surface area contributed by atoms with E-state index in [1.54, 1.807) is 51.1 Å². The zero-order valence-corrected chi connectivity index (χ0v) is 22.4. The maximum Gasteiger partial charge on any atom is 0.323 e. The van der Waals surface area contributed by atoms with Crippen LogP contribution in [0.3, 0.4) is 0 Å². The number of methoxy groups -OCH3 is 1. The first-order valence-electron chi connectivity index (χ1n) is 12.4. The van der Waals surface area contributed by atoms with Gasteiger partial charge in [0.15, 0.2) is 5.76 Å². The van der Waals surface area contributed by atoms with Gasteiger partial charge in [-0.25, -0.2) is 4.79 Å². The van der Waals surface area contributed by atoms with Crippen LogP contribution >= 0.6 is 0 Å². The Morgan fingerprint density at radius 3 is 2.61 bits per heavy atom. The van der Waals surface area contributed by atoms with Crippen LogP contribution in [0, 0.1) is 19.8 Å². The van der Waals surface area contributed by atoms with Crippen LogP contribution in [0.1, 0.15) is 49.0 Å². The van der Waals surface area contributed by atoms with E-state index in [2.05, 4.69) is 41.5 Å². The predicted molar refractivity (Wildman–Crippen MR) is 139 cm³/mol. The molecule has 3 amide bonds. The molecule has 1 aromatic carbocycles. The number of ether oxygens (including phenoxy) is 2. The smallest absolute Gasteiger partial charge is 0.323 e. The van der Waals surface area contributed by atoms with Gasteiger partial charge in [0, 0.05) is 45.0 Å². The number of hydrogen-bond acceptors (Lipinski definition) is 7. The van der Waals surface area contributed by atoms with Crippen molar-refractivity contribution in [2.45, 2.75) is 53.2 Å². The summed E-state index contributed by atoms with van der Waals surface area (Å²) in [6.07, 6.45) is 0.932. The van der Waals surface area contributed by atoms with E-state index >= 15 is 0 Å². The Hall–Kier alpha value is -3.11. The minimum absolute atomic E-state index is 0.0942. The molecule has 0 radical (unpaired) electrons. The topological polar surface area (TPSA) is 109 Å². The highest BCUT2D eigenvalue weighted by Gasteiger charge is 2.28. The van der Waals surface area contributed by atoms with Gasteiger partial charge in [0.2, 0.25) is 0 Å². The van der Waals surface area contributed by atoms with Crippen LogP contribution in [0.5, 0.6) is 5.75 Å². The van der Waals surface area contributed by atoms with Crippen LogP contribution in [-0.2, 0) is 4.74 Å². The molecular formula is C26H39N5O5. The van der Waals surface area contributed by atoms with Gasteiger partial charge in [-0.15, -0.1) is 0 Å². The lowest BCUT2D eigenvalue weighted by atomic mass is 10.0. The molecule has 2 aromatic rings. The third-order valence-electron chi connectivity index (χ3n) is 6.62. The Kier molecular flexibility index (Phi) is 9.33. The molecule has 1 aliphatic heterocycles. The van der Waals surface area contributed by atoms with Crippen molar-refractivity contribution >= 4 is 23.3 Å². The number of nitrogens with one attached hydrogen (secondary N) is 2. The minimum atomic E-state index is -0.444. The van der Waals surface area contributed by atoms with Gasteiger partial charge in [0.1, 0.15) is 23.7 Å². The lowest BCUT2D eigenvalue weighted by molar-refractivity contribution is 0.0108. The number of nitrogens with zero attached hydrogens (tertiary/aromatic N) is 3. The van der Waals surface area contributed by atoms with Crippen molar-refractivity contribution < 1.29 is 23.6 Å². The van der Waals surface area contributed by atoms with Crippen molar-refractivity contribution in [3.63, 3.8) is 0 Å². The van der Waals surface area contributed by atoms with Crippen molar-refractivity contribution in [2.24, 2.45) is 5.92 Å². The Labute approximate surface area is 213 Å². The number of anilines is 2. The van der Waals surface area contributed by atoms with E-state index in [9.17, 15) is 9.59 Å².